The van der Waals surface area contributed by atoms with E-state index >= 15 is 0 Å². The second-order valence-electron chi connectivity index (χ2n) is 6.55. The van der Waals surface area contributed by atoms with Crippen LogP contribution in [-0.2, 0) is 4.74 Å². The fourth-order valence-corrected chi connectivity index (χ4v) is 3.45. The lowest BCUT2D eigenvalue weighted by Gasteiger charge is -2.35. The van der Waals surface area contributed by atoms with Crippen molar-refractivity contribution in [3.63, 3.8) is 0 Å². The van der Waals surface area contributed by atoms with E-state index < -0.39 is 0 Å². The van der Waals surface area contributed by atoms with E-state index in [0.29, 0.717) is 18.7 Å². The zero-order chi connectivity index (χ0) is 19.8. The fraction of sp³-hybridized carbons (Fsp3) is 0.409. The summed E-state index contributed by atoms with van der Waals surface area (Å²) in [5.41, 5.74) is 2.64. The summed E-state index contributed by atoms with van der Waals surface area (Å²) in [5.74, 6) is 1.48. The number of ether oxygens (including phenoxy) is 3. The molecule has 1 aliphatic rings. The molecule has 3 rings (SSSR count). The van der Waals surface area contributed by atoms with Crippen molar-refractivity contribution in [1.29, 1.82) is 5.26 Å². The van der Waals surface area contributed by atoms with Crippen LogP contribution in [0.5, 0.6) is 11.5 Å². The molecule has 0 aromatic heterocycles. The maximum Gasteiger partial charge on any atom is 0.161 e. The minimum Gasteiger partial charge on any atom is -0.493 e. The Balaban J connectivity index is 1.86. The van der Waals surface area contributed by atoms with Crippen LogP contribution in [0.3, 0.4) is 0 Å². The summed E-state index contributed by atoms with van der Waals surface area (Å²) in [5, 5.41) is 12.8. The average molecular weight is 381 g/mol. The number of nitriles is 1. The Morgan fingerprint density at radius 1 is 1.18 bits per heavy atom. The maximum absolute atomic E-state index is 9.35. The van der Waals surface area contributed by atoms with Crippen molar-refractivity contribution in [3.05, 3.63) is 53.6 Å². The first kappa shape index (κ1) is 20.0. The Hall–Kier alpha value is -2.75. The molecule has 1 fully saturated rings. The van der Waals surface area contributed by atoms with Crippen molar-refractivity contribution >= 4 is 5.69 Å². The molecule has 1 unspecified atom stereocenters. The minimum atomic E-state index is 0.125. The Morgan fingerprint density at radius 3 is 2.68 bits per heavy atom. The molecule has 1 N–H and O–H groups in total. The van der Waals surface area contributed by atoms with Crippen molar-refractivity contribution in [2.45, 2.75) is 13.0 Å². The molecule has 1 saturated heterocycles. The summed E-state index contributed by atoms with van der Waals surface area (Å²) >= 11 is 0. The summed E-state index contributed by atoms with van der Waals surface area (Å²) in [6.07, 6.45) is 0. The molecule has 28 heavy (non-hydrogen) atoms. The van der Waals surface area contributed by atoms with Gasteiger partial charge in [-0.1, -0.05) is 18.2 Å². The van der Waals surface area contributed by atoms with E-state index in [0.717, 1.165) is 49.1 Å². The predicted molar refractivity (Wildman–Crippen MR) is 109 cm³/mol. The molecule has 0 amide bonds. The molecule has 6 nitrogen and oxygen atoms in total. The Morgan fingerprint density at radius 2 is 1.96 bits per heavy atom. The molecule has 1 atom stereocenters. The number of nitrogens with one attached hydrogen (secondary N) is 1. The van der Waals surface area contributed by atoms with Crippen LogP contribution in [0.1, 0.15) is 24.1 Å². The predicted octanol–water partition coefficient (Wildman–Crippen LogP) is 3.45. The van der Waals surface area contributed by atoms with Gasteiger partial charge in [-0.2, -0.15) is 5.26 Å². The van der Waals surface area contributed by atoms with E-state index in [2.05, 4.69) is 22.4 Å². The van der Waals surface area contributed by atoms with Crippen molar-refractivity contribution in [1.82, 2.24) is 4.90 Å². The molecule has 1 heterocycles. The van der Waals surface area contributed by atoms with Crippen LogP contribution in [-0.4, -0.2) is 51.5 Å². The molecule has 148 valence electrons. The van der Waals surface area contributed by atoms with Gasteiger partial charge in [0.2, 0.25) is 0 Å². The van der Waals surface area contributed by atoms with Crippen molar-refractivity contribution < 1.29 is 14.2 Å². The van der Waals surface area contributed by atoms with Gasteiger partial charge in [-0.15, -0.1) is 0 Å². The Kier molecular flexibility index (Phi) is 7.12. The molecule has 2 aromatic rings. The molecule has 2 aromatic carbocycles. The molecule has 0 aliphatic carbocycles. The minimum absolute atomic E-state index is 0.125. The number of hydrogen-bond acceptors (Lipinski definition) is 6. The van der Waals surface area contributed by atoms with Gasteiger partial charge in [-0.3, -0.25) is 4.90 Å². The first-order chi connectivity index (χ1) is 13.8. The van der Waals surface area contributed by atoms with Gasteiger partial charge >= 0.3 is 0 Å². The van der Waals surface area contributed by atoms with Crippen molar-refractivity contribution in [2.75, 3.05) is 51.9 Å². The first-order valence-corrected chi connectivity index (χ1v) is 9.62. The molecular weight excluding hydrogens is 354 g/mol. The average Bonchev–Trinajstić information content (AvgIpc) is 2.76. The van der Waals surface area contributed by atoms with Gasteiger partial charge in [-0.05, 0) is 36.8 Å². The second kappa shape index (κ2) is 9.98. The lowest BCUT2D eigenvalue weighted by atomic mass is 10.0. The summed E-state index contributed by atoms with van der Waals surface area (Å²) in [4.78, 5) is 2.40. The zero-order valence-corrected chi connectivity index (χ0v) is 16.5. The smallest absolute Gasteiger partial charge is 0.161 e. The SMILES string of the molecule is CCOc1ccc(C(CNc2ccccc2C#N)N2CCOCC2)cc1OC. The second-order valence-corrected chi connectivity index (χ2v) is 6.55. The number of morpholine rings is 1. The number of anilines is 1. The highest BCUT2D eigenvalue weighted by atomic mass is 16.5. The normalized spacial score (nSPS) is 15.5. The first-order valence-electron chi connectivity index (χ1n) is 9.62. The van der Waals surface area contributed by atoms with Gasteiger partial charge in [0.1, 0.15) is 6.07 Å². The number of rotatable bonds is 8. The van der Waals surface area contributed by atoms with Gasteiger partial charge in [0.05, 0.1) is 44.2 Å². The van der Waals surface area contributed by atoms with Crippen LogP contribution in [0.2, 0.25) is 0 Å². The number of hydrogen-bond donors (Lipinski definition) is 1. The molecule has 1 aliphatic heterocycles. The highest BCUT2D eigenvalue weighted by Gasteiger charge is 2.24. The number of methoxy groups -OCH3 is 1. The summed E-state index contributed by atoms with van der Waals surface area (Å²) in [7, 11) is 1.66. The third kappa shape index (κ3) is 4.75. The third-order valence-electron chi connectivity index (χ3n) is 4.89. The van der Waals surface area contributed by atoms with Gasteiger partial charge < -0.3 is 19.5 Å². The van der Waals surface area contributed by atoms with Crippen LogP contribution in [0.25, 0.3) is 0 Å². The van der Waals surface area contributed by atoms with Gasteiger partial charge in [0, 0.05) is 19.6 Å². The molecule has 0 bridgehead atoms. The van der Waals surface area contributed by atoms with Crippen molar-refractivity contribution in [3.8, 4) is 17.6 Å². The Labute approximate surface area is 166 Å². The summed E-state index contributed by atoms with van der Waals surface area (Å²) < 4.78 is 16.7. The van der Waals surface area contributed by atoms with Crippen LogP contribution in [0.4, 0.5) is 5.69 Å². The highest BCUT2D eigenvalue weighted by molar-refractivity contribution is 5.57. The van der Waals surface area contributed by atoms with E-state index in [9.17, 15) is 5.26 Å². The molecule has 0 spiro atoms. The molecule has 0 radical (unpaired) electrons. The van der Waals surface area contributed by atoms with Crippen LogP contribution in [0, 0.1) is 11.3 Å². The number of nitrogens with zero attached hydrogens (tertiary/aromatic N) is 2. The van der Waals surface area contributed by atoms with E-state index in [4.69, 9.17) is 14.2 Å². The van der Waals surface area contributed by atoms with E-state index in [1.807, 2.05) is 43.3 Å². The van der Waals surface area contributed by atoms with E-state index in [1.54, 1.807) is 7.11 Å². The van der Waals surface area contributed by atoms with E-state index in [1.165, 1.54) is 0 Å². The molecule has 0 saturated carbocycles. The summed E-state index contributed by atoms with van der Waals surface area (Å²) in [6, 6.07) is 16.0. The summed E-state index contributed by atoms with van der Waals surface area (Å²) in [6.45, 7) is 6.40. The monoisotopic (exact) mass is 381 g/mol. The fourth-order valence-electron chi connectivity index (χ4n) is 3.45. The van der Waals surface area contributed by atoms with Crippen molar-refractivity contribution in [2.24, 2.45) is 0 Å². The Bertz CT molecular complexity index is 813. The van der Waals surface area contributed by atoms with Gasteiger partial charge in [-0.25, -0.2) is 0 Å². The topological polar surface area (TPSA) is 66.8 Å². The lowest BCUT2D eigenvalue weighted by Crippen LogP contribution is -2.41. The highest BCUT2D eigenvalue weighted by Crippen LogP contribution is 2.33. The molecule has 6 heteroatoms. The molecular formula is C22H27N3O3. The van der Waals surface area contributed by atoms with Crippen LogP contribution in [0.15, 0.2) is 42.5 Å². The quantitative estimate of drug-likeness (QED) is 0.755. The largest absolute Gasteiger partial charge is 0.493 e. The van der Waals surface area contributed by atoms with E-state index in [-0.39, 0.29) is 6.04 Å². The van der Waals surface area contributed by atoms with Crippen LogP contribution >= 0.6 is 0 Å². The van der Waals surface area contributed by atoms with Crippen LogP contribution < -0.4 is 14.8 Å². The standard InChI is InChI=1S/C22H27N3O3/c1-3-28-21-9-8-17(14-22(21)26-2)20(25-10-12-27-13-11-25)16-24-19-7-5-4-6-18(19)15-23/h4-9,14,20,24H,3,10-13,16H2,1-2H3. The maximum atomic E-state index is 9.35. The zero-order valence-electron chi connectivity index (χ0n) is 16.5. The van der Waals surface area contributed by atoms with Gasteiger partial charge in [0.15, 0.2) is 11.5 Å². The number of para-hydroxylation sites is 1. The number of benzene rings is 2. The lowest BCUT2D eigenvalue weighted by molar-refractivity contribution is 0.0186. The third-order valence-corrected chi connectivity index (χ3v) is 4.89. The van der Waals surface area contributed by atoms with Gasteiger partial charge in [0.25, 0.3) is 0 Å².